The molecule has 1 aliphatic rings. The molecule has 2 aromatic carbocycles. The summed E-state index contributed by atoms with van der Waals surface area (Å²) in [6, 6.07) is 10.6. The Hall–Kier alpha value is -1.66. The Morgan fingerprint density at radius 1 is 0.957 bits per heavy atom. The van der Waals surface area contributed by atoms with E-state index in [9.17, 15) is 17.2 Å². The van der Waals surface area contributed by atoms with Crippen LogP contribution >= 0.6 is 11.8 Å². The maximum Gasteiger partial charge on any atom is 0.175 e. The molecule has 0 N–H and O–H groups in total. The molecule has 0 spiro atoms. The summed E-state index contributed by atoms with van der Waals surface area (Å²) in [4.78, 5) is 1.18. The fraction of sp³-hybridized carbons (Fsp3) is 0.176. The number of sulfone groups is 1. The van der Waals surface area contributed by atoms with E-state index in [0.29, 0.717) is 5.56 Å². The van der Waals surface area contributed by atoms with Crippen LogP contribution in [-0.2, 0) is 9.84 Å². The summed E-state index contributed by atoms with van der Waals surface area (Å²) >= 11 is 1.59. The molecule has 1 heterocycles. The van der Waals surface area contributed by atoms with E-state index in [1.165, 1.54) is 12.3 Å². The van der Waals surface area contributed by atoms with Crippen LogP contribution in [0.2, 0.25) is 0 Å². The monoisotopic (exact) mass is 352 g/mol. The minimum atomic E-state index is -3.23. The zero-order valence-corrected chi connectivity index (χ0v) is 14.0. The predicted molar refractivity (Wildman–Crippen MR) is 89.8 cm³/mol. The van der Waals surface area contributed by atoms with Crippen LogP contribution in [0.3, 0.4) is 0 Å². The number of benzene rings is 2. The van der Waals surface area contributed by atoms with E-state index in [4.69, 9.17) is 0 Å². The van der Waals surface area contributed by atoms with Gasteiger partial charge in [0, 0.05) is 16.9 Å². The fourth-order valence-corrected chi connectivity index (χ4v) is 4.36. The van der Waals surface area contributed by atoms with Crippen LogP contribution in [0.1, 0.15) is 17.5 Å². The lowest BCUT2D eigenvalue weighted by molar-refractivity contribution is 0.508. The molecule has 120 valence electrons. The Balaban J connectivity index is 2.04. The average Bonchev–Trinajstić information content (AvgIpc) is 2.99. The molecule has 1 aliphatic heterocycles. The van der Waals surface area contributed by atoms with Gasteiger partial charge in [0.1, 0.15) is 0 Å². The van der Waals surface area contributed by atoms with Crippen molar-refractivity contribution in [2.75, 3.05) is 12.0 Å². The lowest BCUT2D eigenvalue weighted by atomic mass is 10.0. The Morgan fingerprint density at radius 2 is 1.61 bits per heavy atom. The van der Waals surface area contributed by atoms with E-state index in [1.54, 1.807) is 42.1 Å². The van der Waals surface area contributed by atoms with Crippen LogP contribution in [0.25, 0.3) is 10.5 Å². The van der Waals surface area contributed by atoms with Gasteiger partial charge in [-0.2, -0.15) is 0 Å². The summed E-state index contributed by atoms with van der Waals surface area (Å²) in [6.07, 6.45) is 1.97. The Bertz CT molecular complexity index is 885. The van der Waals surface area contributed by atoms with Gasteiger partial charge in [-0.15, -0.1) is 11.8 Å². The van der Waals surface area contributed by atoms with Gasteiger partial charge in [-0.1, -0.05) is 18.2 Å². The summed E-state index contributed by atoms with van der Waals surface area (Å²) in [6.45, 7) is 0. The molecule has 6 heteroatoms. The molecular weight excluding hydrogens is 338 g/mol. The van der Waals surface area contributed by atoms with Gasteiger partial charge in [-0.05, 0) is 47.4 Å². The summed E-state index contributed by atoms with van der Waals surface area (Å²) in [5.74, 6) is -0.872. The second-order valence-electron chi connectivity index (χ2n) is 5.33. The predicted octanol–water partition coefficient (Wildman–Crippen LogP) is 4.37. The van der Waals surface area contributed by atoms with Crippen LogP contribution in [0.4, 0.5) is 8.78 Å². The molecule has 0 unspecified atom stereocenters. The number of thioether (sulfide) groups is 1. The van der Waals surface area contributed by atoms with E-state index < -0.39 is 21.5 Å². The van der Waals surface area contributed by atoms with Crippen LogP contribution in [0.15, 0.2) is 47.4 Å². The molecule has 3 rings (SSSR count). The van der Waals surface area contributed by atoms with Crippen molar-refractivity contribution in [3.63, 3.8) is 0 Å². The normalized spacial score (nSPS) is 15.3. The molecule has 0 aliphatic carbocycles. The molecule has 0 radical (unpaired) electrons. The van der Waals surface area contributed by atoms with Crippen LogP contribution in [0, 0.1) is 11.6 Å². The van der Waals surface area contributed by atoms with Gasteiger partial charge in [0.05, 0.1) is 4.90 Å². The molecule has 0 saturated heterocycles. The molecule has 2 aromatic rings. The Morgan fingerprint density at radius 3 is 2.22 bits per heavy atom. The third-order valence-corrected chi connectivity index (χ3v) is 5.99. The van der Waals surface area contributed by atoms with Crippen LogP contribution in [0.5, 0.6) is 0 Å². The Labute approximate surface area is 138 Å². The largest absolute Gasteiger partial charge is 0.224 e. The molecule has 0 amide bonds. The first kappa shape index (κ1) is 16.2. The van der Waals surface area contributed by atoms with Gasteiger partial charge in [0.15, 0.2) is 21.5 Å². The maximum absolute atomic E-state index is 13.5. The fourth-order valence-electron chi connectivity index (χ4n) is 2.53. The van der Waals surface area contributed by atoms with Gasteiger partial charge < -0.3 is 0 Å². The molecule has 0 saturated carbocycles. The van der Waals surface area contributed by atoms with Crippen LogP contribution in [-0.4, -0.2) is 20.4 Å². The first-order chi connectivity index (χ1) is 10.9. The van der Waals surface area contributed by atoms with Gasteiger partial charge in [-0.3, -0.25) is 0 Å². The molecule has 2 nitrogen and oxygen atoms in total. The quantitative estimate of drug-likeness (QED) is 0.822. The van der Waals surface area contributed by atoms with E-state index in [1.807, 2.05) is 0 Å². The molecule has 0 aromatic heterocycles. The van der Waals surface area contributed by atoms with E-state index in [0.717, 1.165) is 34.3 Å². The van der Waals surface area contributed by atoms with Gasteiger partial charge in [0.25, 0.3) is 0 Å². The van der Waals surface area contributed by atoms with Crippen LogP contribution < -0.4 is 0 Å². The molecule has 0 bridgehead atoms. The molecule has 23 heavy (non-hydrogen) atoms. The highest BCUT2D eigenvalue weighted by atomic mass is 32.2. The lowest BCUT2D eigenvalue weighted by Gasteiger charge is -2.09. The van der Waals surface area contributed by atoms with E-state index in [2.05, 4.69) is 0 Å². The second-order valence-corrected chi connectivity index (χ2v) is 8.45. The zero-order valence-electron chi connectivity index (χ0n) is 12.3. The van der Waals surface area contributed by atoms with E-state index >= 15 is 0 Å². The van der Waals surface area contributed by atoms with Crippen molar-refractivity contribution in [1.29, 1.82) is 0 Å². The number of halogens is 2. The smallest absolute Gasteiger partial charge is 0.175 e. The minimum absolute atomic E-state index is 0.266. The van der Waals surface area contributed by atoms with Crippen molar-refractivity contribution in [1.82, 2.24) is 0 Å². The van der Waals surface area contributed by atoms with Crippen molar-refractivity contribution in [2.24, 2.45) is 0 Å². The topological polar surface area (TPSA) is 34.1 Å². The van der Waals surface area contributed by atoms with Gasteiger partial charge in [0.2, 0.25) is 0 Å². The summed E-state index contributed by atoms with van der Waals surface area (Å²) in [5, 5.41) is 0. The third kappa shape index (κ3) is 3.33. The molecule has 0 fully saturated rings. The SMILES string of the molecule is CS(=O)(=O)c1ccc(C2=C(c3ccc(F)c(F)c3)SCC2)cc1. The van der Waals surface area contributed by atoms with Crippen molar-refractivity contribution >= 4 is 32.1 Å². The first-order valence-corrected chi connectivity index (χ1v) is 9.86. The number of hydrogen-bond acceptors (Lipinski definition) is 3. The third-order valence-electron chi connectivity index (χ3n) is 3.69. The molecular formula is C17H14F2O2S2. The first-order valence-electron chi connectivity index (χ1n) is 6.98. The standard InChI is InChI=1S/C17H14F2O2S2/c1-23(20,21)13-5-2-11(3-6-13)14-8-9-22-17(14)12-4-7-15(18)16(19)10-12/h2-7,10H,8-9H2,1H3. The van der Waals surface area contributed by atoms with Crippen molar-refractivity contribution in [3.8, 4) is 0 Å². The van der Waals surface area contributed by atoms with Crippen molar-refractivity contribution < 1.29 is 17.2 Å². The highest BCUT2D eigenvalue weighted by Crippen LogP contribution is 2.44. The van der Waals surface area contributed by atoms with Gasteiger partial charge >= 0.3 is 0 Å². The summed E-state index contributed by atoms with van der Waals surface area (Å²) in [5.41, 5.74) is 2.58. The number of allylic oxidation sites excluding steroid dienone is 1. The highest BCUT2D eigenvalue weighted by Gasteiger charge is 2.20. The van der Waals surface area contributed by atoms with Crippen molar-refractivity contribution in [3.05, 3.63) is 65.2 Å². The summed E-state index contributed by atoms with van der Waals surface area (Å²) in [7, 11) is -3.23. The number of rotatable bonds is 3. The van der Waals surface area contributed by atoms with E-state index in [-0.39, 0.29) is 4.90 Å². The minimum Gasteiger partial charge on any atom is -0.224 e. The second kappa shape index (κ2) is 6.09. The molecule has 0 atom stereocenters. The van der Waals surface area contributed by atoms with Gasteiger partial charge in [-0.25, -0.2) is 17.2 Å². The highest BCUT2D eigenvalue weighted by molar-refractivity contribution is 8.08. The Kier molecular flexibility index (Phi) is 4.29. The summed E-state index contributed by atoms with van der Waals surface area (Å²) < 4.78 is 49.6. The average molecular weight is 352 g/mol. The van der Waals surface area contributed by atoms with Crippen molar-refractivity contribution in [2.45, 2.75) is 11.3 Å². The number of hydrogen-bond donors (Lipinski definition) is 0. The lowest BCUT2D eigenvalue weighted by Crippen LogP contribution is -1.97. The zero-order chi connectivity index (χ0) is 16.6. The maximum atomic E-state index is 13.5.